The summed E-state index contributed by atoms with van der Waals surface area (Å²) in [5, 5.41) is 2.82. The molecule has 0 unspecified atom stereocenters. The van der Waals surface area contributed by atoms with Crippen molar-refractivity contribution in [3.8, 4) is 5.69 Å². The highest BCUT2D eigenvalue weighted by Crippen LogP contribution is 2.26. The lowest BCUT2D eigenvalue weighted by atomic mass is 10.2. The van der Waals surface area contributed by atoms with Crippen molar-refractivity contribution in [2.75, 3.05) is 10.8 Å². The fourth-order valence-corrected chi connectivity index (χ4v) is 5.17. The number of carbonyl (C=O) groups excluding carboxylic acids is 1. The van der Waals surface area contributed by atoms with Gasteiger partial charge in [-0.15, -0.1) is 0 Å². The standard InChI is InChI=1S/C25H23BrN4O3S/c1-19-5-11-24(12-6-19)34(32,33)30(23-4-2-3-21(26)15-23)17-25(31)28-16-20-7-9-22(10-8-20)29-14-13-27-18-29/h2-15,18H,16-17H2,1H3,(H,28,31). The fraction of sp³-hybridized carbons (Fsp3) is 0.120. The van der Waals surface area contributed by atoms with E-state index in [9.17, 15) is 13.2 Å². The molecule has 3 aromatic carbocycles. The SMILES string of the molecule is Cc1ccc(S(=O)(=O)N(CC(=O)NCc2ccc(-n3ccnc3)cc2)c2cccc(Br)c2)cc1. The second-order valence-electron chi connectivity index (χ2n) is 7.72. The number of amides is 1. The minimum absolute atomic E-state index is 0.126. The third-order valence-corrected chi connectivity index (χ3v) is 7.50. The molecule has 0 bridgehead atoms. The molecule has 0 saturated heterocycles. The van der Waals surface area contributed by atoms with Crippen molar-refractivity contribution >= 4 is 37.5 Å². The van der Waals surface area contributed by atoms with Crippen LogP contribution in [0.1, 0.15) is 11.1 Å². The molecule has 7 nitrogen and oxygen atoms in total. The number of anilines is 1. The number of halogens is 1. The molecule has 1 amide bonds. The van der Waals surface area contributed by atoms with E-state index in [1.54, 1.807) is 61.1 Å². The molecule has 34 heavy (non-hydrogen) atoms. The van der Waals surface area contributed by atoms with Gasteiger partial charge in [-0.1, -0.05) is 51.8 Å². The summed E-state index contributed by atoms with van der Waals surface area (Å²) < 4.78 is 30.6. The van der Waals surface area contributed by atoms with Crippen LogP contribution in [0.4, 0.5) is 5.69 Å². The molecular formula is C25H23BrN4O3S. The quantitative estimate of drug-likeness (QED) is 0.359. The molecule has 0 aliphatic rings. The fourth-order valence-electron chi connectivity index (χ4n) is 3.37. The van der Waals surface area contributed by atoms with Gasteiger partial charge in [0.15, 0.2) is 0 Å². The van der Waals surface area contributed by atoms with Gasteiger partial charge in [0.2, 0.25) is 5.91 Å². The zero-order valence-electron chi connectivity index (χ0n) is 18.4. The Morgan fingerprint density at radius 2 is 1.79 bits per heavy atom. The van der Waals surface area contributed by atoms with Gasteiger partial charge in [0.25, 0.3) is 10.0 Å². The molecule has 1 heterocycles. The van der Waals surface area contributed by atoms with Gasteiger partial charge in [0.05, 0.1) is 16.9 Å². The number of nitrogens with zero attached hydrogens (tertiary/aromatic N) is 3. The monoisotopic (exact) mass is 538 g/mol. The van der Waals surface area contributed by atoms with E-state index >= 15 is 0 Å². The van der Waals surface area contributed by atoms with Crippen LogP contribution in [0.15, 0.2) is 101 Å². The number of hydrogen-bond acceptors (Lipinski definition) is 4. The van der Waals surface area contributed by atoms with Crippen molar-refractivity contribution in [3.63, 3.8) is 0 Å². The van der Waals surface area contributed by atoms with E-state index < -0.39 is 15.9 Å². The summed E-state index contributed by atoms with van der Waals surface area (Å²) in [6, 6.07) is 21.1. The molecule has 1 N–H and O–H groups in total. The average molecular weight is 539 g/mol. The van der Waals surface area contributed by atoms with Crippen molar-refractivity contribution in [2.45, 2.75) is 18.4 Å². The lowest BCUT2D eigenvalue weighted by molar-refractivity contribution is -0.119. The molecule has 9 heteroatoms. The minimum atomic E-state index is -3.95. The number of aryl methyl sites for hydroxylation is 1. The topological polar surface area (TPSA) is 84.3 Å². The van der Waals surface area contributed by atoms with Crippen molar-refractivity contribution in [2.24, 2.45) is 0 Å². The first-order valence-corrected chi connectivity index (χ1v) is 12.8. The van der Waals surface area contributed by atoms with E-state index in [-0.39, 0.29) is 18.0 Å². The maximum Gasteiger partial charge on any atom is 0.264 e. The summed E-state index contributed by atoms with van der Waals surface area (Å²) in [5.74, 6) is -0.408. The van der Waals surface area contributed by atoms with Gasteiger partial charge in [-0.05, 0) is 55.0 Å². The second kappa shape index (κ2) is 10.2. The number of nitrogens with one attached hydrogen (secondary N) is 1. The molecule has 4 rings (SSSR count). The van der Waals surface area contributed by atoms with E-state index in [1.807, 2.05) is 42.0 Å². The van der Waals surface area contributed by atoms with Crippen LogP contribution in [0.2, 0.25) is 0 Å². The van der Waals surface area contributed by atoms with Crippen LogP contribution < -0.4 is 9.62 Å². The highest BCUT2D eigenvalue weighted by Gasteiger charge is 2.27. The van der Waals surface area contributed by atoms with Crippen molar-refractivity contribution < 1.29 is 13.2 Å². The summed E-state index contributed by atoms with van der Waals surface area (Å²) >= 11 is 3.38. The zero-order valence-corrected chi connectivity index (χ0v) is 20.8. The largest absolute Gasteiger partial charge is 0.350 e. The predicted molar refractivity (Wildman–Crippen MR) is 135 cm³/mol. The Morgan fingerprint density at radius 1 is 1.06 bits per heavy atom. The Kier molecular flexibility index (Phi) is 7.14. The minimum Gasteiger partial charge on any atom is -0.350 e. The summed E-state index contributed by atoms with van der Waals surface area (Å²) in [7, 11) is -3.95. The molecule has 0 fully saturated rings. The average Bonchev–Trinajstić information content (AvgIpc) is 3.37. The smallest absolute Gasteiger partial charge is 0.264 e. The third-order valence-electron chi connectivity index (χ3n) is 5.22. The second-order valence-corrected chi connectivity index (χ2v) is 10.5. The van der Waals surface area contributed by atoms with Crippen molar-refractivity contribution in [3.05, 3.63) is 107 Å². The van der Waals surface area contributed by atoms with E-state index in [4.69, 9.17) is 0 Å². The lowest BCUT2D eigenvalue weighted by Crippen LogP contribution is -2.40. The first kappa shape index (κ1) is 23.7. The summed E-state index contributed by atoms with van der Waals surface area (Å²) in [6.07, 6.45) is 5.26. The molecule has 0 aliphatic heterocycles. The molecule has 4 aromatic rings. The van der Waals surface area contributed by atoms with Crippen LogP contribution in [0, 0.1) is 6.92 Å². The number of sulfonamides is 1. The Labute approximate surface area is 207 Å². The van der Waals surface area contributed by atoms with Crippen molar-refractivity contribution in [1.82, 2.24) is 14.9 Å². The van der Waals surface area contributed by atoms with E-state index in [0.717, 1.165) is 21.1 Å². The van der Waals surface area contributed by atoms with Crippen LogP contribution in [-0.2, 0) is 21.4 Å². The van der Waals surface area contributed by atoms with Gasteiger partial charge in [-0.3, -0.25) is 9.10 Å². The lowest BCUT2D eigenvalue weighted by Gasteiger charge is -2.24. The van der Waals surface area contributed by atoms with Crippen LogP contribution in [0.25, 0.3) is 5.69 Å². The molecule has 0 spiro atoms. The first-order valence-electron chi connectivity index (χ1n) is 10.5. The highest BCUT2D eigenvalue weighted by atomic mass is 79.9. The summed E-state index contributed by atoms with van der Waals surface area (Å²) in [5.41, 5.74) is 3.20. The first-order chi connectivity index (χ1) is 16.3. The number of imidazole rings is 1. The molecule has 1 aromatic heterocycles. The normalized spacial score (nSPS) is 11.2. The van der Waals surface area contributed by atoms with Crippen LogP contribution in [-0.4, -0.2) is 30.4 Å². The van der Waals surface area contributed by atoms with E-state index in [2.05, 4.69) is 26.2 Å². The Balaban J connectivity index is 1.51. The Morgan fingerprint density at radius 3 is 2.44 bits per heavy atom. The maximum atomic E-state index is 13.4. The van der Waals surface area contributed by atoms with Gasteiger partial charge in [-0.2, -0.15) is 0 Å². The molecule has 0 aliphatic carbocycles. The van der Waals surface area contributed by atoms with Gasteiger partial charge >= 0.3 is 0 Å². The van der Waals surface area contributed by atoms with Gasteiger partial charge in [0, 0.05) is 29.1 Å². The van der Waals surface area contributed by atoms with Gasteiger partial charge < -0.3 is 9.88 Å². The molecule has 0 atom stereocenters. The van der Waals surface area contributed by atoms with Crippen molar-refractivity contribution in [1.29, 1.82) is 0 Å². The Bertz CT molecular complexity index is 1370. The predicted octanol–water partition coefficient (Wildman–Crippen LogP) is 4.45. The molecule has 174 valence electrons. The van der Waals surface area contributed by atoms with E-state index in [1.165, 1.54) is 0 Å². The summed E-state index contributed by atoms with van der Waals surface area (Å²) in [6.45, 7) is 1.82. The molecule has 0 saturated carbocycles. The van der Waals surface area contributed by atoms with Gasteiger partial charge in [-0.25, -0.2) is 13.4 Å². The number of hydrogen-bond donors (Lipinski definition) is 1. The molecular weight excluding hydrogens is 516 g/mol. The molecule has 0 radical (unpaired) electrons. The summed E-state index contributed by atoms with van der Waals surface area (Å²) in [4.78, 5) is 17.0. The number of benzene rings is 3. The number of rotatable bonds is 8. The third kappa shape index (κ3) is 5.55. The van der Waals surface area contributed by atoms with Crippen LogP contribution in [0.3, 0.4) is 0 Å². The maximum absolute atomic E-state index is 13.4. The highest BCUT2D eigenvalue weighted by molar-refractivity contribution is 9.10. The van der Waals surface area contributed by atoms with Crippen LogP contribution >= 0.6 is 15.9 Å². The number of aromatic nitrogens is 2. The van der Waals surface area contributed by atoms with E-state index in [0.29, 0.717) is 10.2 Å². The zero-order chi connectivity index (χ0) is 24.1. The van der Waals surface area contributed by atoms with Crippen LogP contribution in [0.5, 0.6) is 0 Å². The Hall–Kier alpha value is -3.43. The van der Waals surface area contributed by atoms with Gasteiger partial charge in [0.1, 0.15) is 6.54 Å². The number of carbonyl (C=O) groups is 1.